The van der Waals surface area contributed by atoms with Crippen molar-refractivity contribution in [2.24, 2.45) is 0 Å². The van der Waals surface area contributed by atoms with Crippen LogP contribution in [0, 0.1) is 5.95 Å². The summed E-state index contributed by atoms with van der Waals surface area (Å²) < 4.78 is 17.6. The van der Waals surface area contributed by atoms with Gasteiger partial charge in [0.2, 0.25) is 11.9 Å². The molecular formula is C12H11FN2O2. The Kier molecular flexibility index (Phi) is 3.49. The summed E-state index contributed by atoms with van der Waals surface area (Å²) >= 11 is 0. The van der Waals surface area contributed by atoms with Crippen LogP contribution in [0.2, 0.25) is 0 Å². The zero-order valence-corrected chi connectivity index (χ0v) is 9.02. The third-order valence-electron chi connectivity index (χ3n) is 2.19. The first-order valence-electron chi connectivity index (χ1n) is 5.18. The molecule has 88 valence electrons. The van der Waals surface area contributed by atoms with Crippen molar-refractivity contribution in [2.75, 3.05) is 5.32 Å². The number of carbonyl (C=O) groups is 1. The van der Waals surface area contributed by atoms with Gasteiger partial charge < -0.3 is 9.73 Å². The number of amides is 1. The fourth-order valence-electron chi connectivity index (χ4n) is 1.36. The molecule has 5 heteroatoms. The number of nitrogens with one attached hydrogen (secondary N) is 1. The van der Waals surface area contributed by atoms with E-state index >= 15 is 0 Å². The van der Waals surface area contributed by atoms with Crippen LogP contribution in [0.4, 0.5) is 10.1 Å². The van der Waals surface area contributed by atoms with Gasteiger partial charge in [-0.15, -0.1) is 0 Å². The van der Waals surface area contributed by atoms with E-state index in [0.717, 1.165) is 5.76 Å². The second-order valence-electron chi connectivity index (χ2n) is 3.50. The monoisotopic (exact) mass is 234 g/mol. The first-order chi connectivity index (χ1) is 8.24. The lowest BCUT2D eigenvalue weighted by Crippen LogP contribution is -2.12. The molecule has 0 aliphatic carbocycles. The zero-order chi connectivity index (χ0) is 12.1. The normalized spacial score (nSPS) is 10.2. The van der Waals surface area contributed by atoms with Crippen LogP contribution in [0.15, 0.2) is 41.1 Å². The fourth-order valence-corrected chi connectivity index (χ4v) is 1.36. The van der Waals surface area contributed by atoms with E-state index in [1.54, 1.807) is 12.3 Å². The van der Waals surface area contributed by atoms with Gasteiger partial charge in [0.1, 0.15) is 5.76 Å². The van der Waals surface area contributed by atoms with E-state index in [0.29, 0.717) is 18.5 Å². The highest BCUT2D eigenvalue weighted by Gasteiger charge is 2.04. The van der Waals surface area contributed by atoms with Crippen LogP contribution in [0.3, 0.4) is 0 Å². The van der Waals surface area contributed by atoms with Crippen molar-refractivity contribution in [1.29, 1.82) is 0 Å². The lowest BCUT2D eigenvalue weighted by atomic mass is 10.2. The Hall–Kier alpha value is -2.17. The van der Waals surface area contributed by atoms with Gasteiger partial charge in [-0.3, -0.25) is 4.79 Å². The summed E-state index contributed by atoms with van der Waals surface area (Å²) in [4.78, 5) is 15.0. The number of rotatable bonds is 4. The molecule has 0 aromatic carbocycles. The van der Waals surface area contributed by atoms with E-state index in [1.165, 1.54) is 18.3 Å². The molecule has 0 aliphatic heterocycles. The Bertz CT molecular complexity index is 480. The molecule has 1 amide bonds. The Morgan fingerprint density at radius 2 is 2.29 bits per heavy atom. The Balaban J connectivity index is 1.83. The maximum absolute atomic E-state index is 12.5. The molecule has 4 nitrogen and oxygen atoms in total. The molecule has 2 rings (SSSR count). The molecule has 2 aromatic heterocycles. The fraction of sp³-hybridized carbons (Fsp3) is 0.167. The number of anilines is 1. The first kappa shape index (κ1) is 11.3. The molecule has 0 aliphatic rings. The second kappa shape index (κ2) is 5.25. The van der Waals surface area contributed by atoms with Crippen molar-refractivity contribution < 1.29 is 13.6 Å². The minimum Gasteiger partial charge on any atom is -0.469 e. The summed E-state index contributed by atoms with van der Waals surface area (Å²) in [5.74, 6) is 0.0331. The van der Waals surface area contributed by atoms with Crippen molar-refractivity contribution in [2.45, 2.75) is 12.8 Å². The van der Waals surface area contributed by atoms with Gasteiger partial charge in [-0.2, -0.15) is 4.39 Å². The average Bonchev–Trinajstić information content (AvgIpc) is 2.83. The number of hydrogen-bond acceptors (Lipinski definition) is 3. The van der Waals surface area contributed by atoms with Crippen LogP contribution in [-0.2, 0) is 11.2 Å². The minimum atomic E-state index is -0.571. The van der Waals surface area contributed by atoms with Gasteiger partial charge in [-0.25, -0.2) is 4.98 Å². The van der Waals surface area contributed by atoms with Crippen LogP contribution < -0.4 is 5.32 Å². The molecule has 0 saturated carbocycles. The van der Waals surface area contributed by atoms with E-state index in [1.807, 2.05) is 6.07 Å². The van der Waals surface area contributed by atoms with Gasteiger partial charge in [0.25, 0.3) is 0 Å². The number of furan rings is 1. The topological polar surface area (TPSA) is 55.1 Å². The van der Waals surface area contributed by atoms with E-state index < -0.39 is 5.95 Å². The molecule has 0 fully saturated rings. The predicted molar refractivity (Wildman–Crippen MR) is 59.9 cm³/mol. The molecule has 0 bridgehead atoms. The summed E-state index contributed by atoms with van der Waals surface area (Å²) in [5.41, 5.74) is 0.482. The molecule has 0 radical (unpaired) electrons. The maximum Gasteiger partial charge on any atom is 0.224 e. The van der Waals surface area contributed by atoms with Gasteiger partial charge in [0.05, 0.1) is 18.1 Å². The average molecular weight is 234 g/mol. The van der Waals surface area contributed by atoms with Crippen LogP contribution >= 0.6 is 0 Å². The Morgan fingerprint density at radius 3 is 2.94 bits per heavy atom. The van der Waals surface area contributed by atoms with E-state index in [-0.39, 0.29) is 5.91 Å². The van der Waals surface area contributed by atoms with Crippen LogP contribution in [-0.4, -0.2) is 10.9 Å². The highest BCUT2D eigenvalue weighted by Crippen LogP contribution is 2.08. The van der Waals surface area contributed by atoms with Gasteiger partial charge in [-0.1, -0.05) is 0 Å². The van der Waals surface area contributed by atoms with Gasteiger partial charge >= 0.3 is 0 Å². The Morgan fingerprint density at radius 1 is 1.41 bits per heavy atom. The van der Waals surface area contributed by atoms with Crippen LogP contribution in [0.5, 0.6) is 0 Å². The summed E-state index contributed by atoms with van der Waals surface area (Å²) in [6.07, 6.45) is 3.69. The highest BCUT2D eigenvalue weighted by atomic mass is 19.1. The number of halogens is 1. The predicted octanol–water partition coefficient (Wildman–Crippen LogP) is 2.39. The smallest absolute Gasteiger partial charge is 0.224 e. The molecule has 2 aromatic rings. The molecule has 0 spiro atoms. The van der Waals surface area contributed by atoms with Crippen molar-refractivity contribution in [3.63, 3.8) is 0 Å². The van der Waals surface area contributed by atoms with E-state index in [2.05, 4.69) is 10.3 Å². The first-order valence-corrected chi connectivity index (χ1v) is 5.18. The minimum absolute atomic E-state index is 0.158. The molecule has 0 atom stereocenters. The van der Waals surface area contributed by atoms with Crippen molar-refractivity contribution in [1.82, 2.24) is 4.98 Å². The van der Waals surface area contributed by atoms with Gasteiger partial charge in [0.15, 0.2) is 0 Å². The van der Waals surface area contributed by atoms with E-state index in [9.17, 15) is 9.18 Å². The zero-order valence-electron chi connectivity index (χ0n) is 9.02. The number of nitrogens with zero attached hydrogens (tertiary/aromatic N) is 1. The molecule has 2 heterocycles. The van der Waals surface area contributed by atoms with Gasteiger partial charge in [-0.05, 0) is 24.3 Å². The van der Waals surface area contributed by atoms with Crippen LogP contribution in [0.25, 0.3) is 0 Å². The van der Waals surface area contributed by atoms with Crippen molar-refractivity contribution >= 4 is 11.6 Å². The third-order valence-corrected chi connectivity index (χ3v) is 2.19. The molecule has 0 unspecified atom stereocenters. The van der Waals surface area contributed by atoms with E-state index in [4.69, 9.17) is 4.42 Å². The Labute approximate surface area is 97.5 Å². The van der Waals surface area contributed by atoms with Crippen molar-refractivity contribution in [3.8, 4) is 0 Å². The number of hydrogen-bond donors (Lipinski definition) is 1. The number of pyridine rings is 1. The molecule has 17 heavy (non-hydrogen) atoms. The largest absolute Gasteiger partial charge is 0.469 e. The molecule has 1 N–H and O–H groups in total. The quantitative estimate of drug-likeness (QED) is 0.826. The SMILES string of the molecule is O=C(CCc1ccco1)Nc1ccc(F)nc1. The third kappa shape index (κ3) is 3.41. The summed E-state index contributed by atoms with van der Waals surface area (Å²) in [5, 5.41) is 2.62. The lowest BCUT2D eigenvalue weighted by molar-refractivity contribution is -0.116. The maximum atomic E-state index is 12.5. The second-order valence-corrected chi connectivity index (χ2v) is 3.50. The van der Waals surface area contributed by atoms with Crippen LogP contribution in [0.1, 0.15) is 12.2 Å². The summed E-state index contributed by atoms with van der Waals surface area (Å²) in [6, 6.07) is 6.25. The number of aromatic nitrogens is 1. The highest BCUT2D eigenvalue weighted by molar-refractivity contribution is 5.90. The number of carbonyl (C=O) groups excluding carboxylic acids is 1. The molecule has 0 saturated heterocycles. The standard InChI is InChI=1S/C12H11FN2O2/c13-11-5-3-9(8-14-11)15-12(16)6-4-10-2-1-7-17-10/h1-3,5,7-8H,4,6H2,(H,15,16). The summed E-state index contributed by atoms with van der Waals surface area (Å²) in [6.45, 7) is 0. The van der Waals surface area contributed by atoms with Crippen molar-refractivity contribution in [3.05, 3.63) is 48.4 Å². The molecular weight excluding hydrogens is 223 g/mol. The number of aryl methyl sites for hydroxylation is 1. The summed E-state index contributed by atoms with van der Waals surface area (Å²) in [7, 11) is 0. The lowest BCUT2D eigenvalue weighted by Gasteiger charge is -2.03. The van der Waals surface area contributed by atoms with Gasteiger partial charge in [0, 0.05) is 12.8 Å².